The molecule has 9 nitrogen and oxygen atoms in total. The monoisotopic (exact) mass is 641 g/mol. The molecular formula is C36H67NO8. The largest absolute Gasteiger partial charge is 0.463 e. The van der Waals surface area contributed by atoms with Crippen molar-refractivity contribution in [2.45, 2.75) is 206 Å². The maximum absolute atomic E-state index is 12.9. The number of ether oxygens (including phenoxy) is 4. The van der Waals surface area contributed by atoms with E-state index in [9.17, 15) is 19.5 Å². The van der Waals surface area contributed by atoms with Gasteiger partial charge in [0, 0.05) is 19.3 Å². The summed E-state index contributed by atoms with van der Waals surface area (Å²) in [4.78, 5) is 38.2. The van der Waals surface area contributed by atoms with E-state index in [2.05, 4.69) is 20.8 Å². The molecular weight excluding hydrogens is 574 g/mol. The Kier molecular flexibility index (Phi) is 25.2. The van der Waals surface area contributed by atoms with E-state index in [0.717, 1.165) is 57.8 Å². The molecule has 1 rings (SSSR count). The van der Waals surface area contributed by atoms with Gasteiger partial charge in [-0.15, -0.1) is 0 Å². The smallest absolute Gasteiger partial charge is 0.306 e. The number of aliphatic hydroxyl groups excluding tert-OH is 1. The lowest BCUT2D eigenvalue weighted by molar-refractivity contribution is -0.261. The predicted octanol–water partition coefficient (Wildman–Crippen LogP) is 7.82. The van der Waals surface area contributed by atoms with E-state index >= 15 is 0 Å². The summed E-state index contributed by atoms with van der Waals surface area (Å²) in [5, 5.41) is 10.6. The quantitative estimate of drug-likeness (QED) is 0.0498. The van der Waals surface area contributed by atoms with Gasteiger partial charge in [0.1, 0.15) is 12.7 Å². The number of esters is 3. The highest BCUT2D eigenvalue weighted by atomic mass is 16.7. The zero-order valence-electron chi connectivity index (χ0n) is 28.9. The van der Waals surface area contributed by atoms with Crippen LogP contribution in [-0.2, 0) is 33.3 Å². The minimum Gasteiger partial charge on any atom is -0.463 e. The van der Waals surface area contributed by atoms with Crippen molar-refractivity contribution in [2.24, 2.45) is 5.73 Å². The van der Waals surface area contributed by atoms with Crippen molar-refractivity contribution in [3.05, 3.63) is 0 Å². The molecule has 1 aliphatic rings. The van der Waals surface area contributed by atoms with Gasteiger partial charge in [-0.3, -0.25) is 14.4 Å². The summed E-state index contributed by atoms with van der Waals surface area (Å²) in [5.74, 6) is -1.29. The molecule has 0 unspecified atom stereocenters. The summed E-state index contributed by atoms with van der Waals surface area (Å²) < 4.78 is 22.7. The van der Waals surface area contributed by atoms with Gasteiger partial charge in [0.25, 0.3) is 0 Å². The lowest BCUT2D eigenvalue weighted by atomic mass is 9.97. The second-order valence-corrected chi connectivity index (χ2v) is 12.8. The molecule has 45 heavy (non-hydrogen) atoms. The van der Waals surface area contributed by atoms with Crippen LogP contribution in [0.25, 0.3) is 0 Å². The Labute approximate surface area is 274 Å². The normalized spacial score (nSPS) is 21.4. The Morgan fingerprint density at radius 3 is 1.33 bits per heavy atom. The lowest BCUT2D eigenvalue weighted by Gasteiger charge is -2.42. The molecule has 5 atom stereocenters. The van der Waals surface area contributed by atoms with Crippen molar-refractivity contribution in [3.63, 3.8) is 0 Å². The first kappa shape index (κ1) is 41.3. The third kappa shape index (κ3) is 20.2. The molecule has 0 bridgehead atoms. The van der Waals surface area contributed by atoms with Crippen LogP contribution in [0.3, 0.4) is 0 Å². The molecule has 3 N–H and O–H groups in total. The molecule has 1 fully saturated rings. The Morgan fingerprint density at radius 1 is 0.556 bits per heavy atom. The van der Waals surface area contributed by atoms with Gasteiger partial charge in [-0.2, -0.15) is 0 Å². The molecule has 264 valence electrons. The number of rotatable bonds is 28. The molecule has 9 heteroatoms. The summed E-state index contributed by atoms with van der Waals surface area (Å²) in [6, 6.07) is -1.11. The van der Waals surface area contributed by atoms with Crippen LogP contribution in [0.4, 0.5) is 0 Å². The van der Waals surface area contributed by atoms with Crippen molar-refractivity contribution < 1.29 is 38.4 Å². The van der Waals surface area contributed by atoms with Crippen LogP contribution in [0.15, 0.2) is 0 Å². The van der Waals surface area contributed by atoms with E-state index in [1.54, 1.807) is 0 Å². The first-order valence-electron chi connectivity index (χ1n) is 18.5. The lowest BCUT2D eigenvalue weighted by Crippen LogP contribution is -2.64. The second-order valence-electron chi connectivity index (χ2n) is 12.8. The summed E-state index contributed by atoms with van der Waals surface area (Å²) in [6.07, 6.45) is 18.5. The molecule has 0 radical (unpaired) electrons. The van der Waals surface area contributed by atoms with Gasteiger partial charge in [-0.25, -0.2) is 0 Å². The number of hydrogen-bond donors (Lipinski definition) is 2. The van der Waals surface area contributed by atoms with E-state index < -0.39 is 42.6 Å². The topological polar surface area (TPSA) is 134 Å². The molecule has 1 aliphatic heterocycles. The number of carbonyl (C=O) groups is 3. The number of aliphatic hydroxyl groups is 1. The van der Waals surface area contributed by atoms with Gasteiger partial charge in [-0.05, 0) is 19.3 Å². The fraction of sp³-hybridized carbons (Fsp3) is 0.917. The van der Waals surface area contributed by atoms with Gasteiger partial charge < -0.3 is 29.8 Å². The number of hydrogen-bond acceptors (Lipinski definition) is 9. The van der Waals surface area contributed by atoms with Gasteiger partial charge in [0.15, 0.2) is 18.5 Å². The first-order chi connectivity index (χ1) is 21.8. The second kappa shape index (κ2) is 27.4. The summed E-state index contributed by atoms with van der Waals surface area (Å²) in [7, 11) is 0. The molecule has 0 amide bonds. The van der Waals surface area contributed by atoms with Crippen LogP contribution in [0.2, 0.25) is 0 Å². The standard InChI is InChI=1S/C36H67NO8/c1-4-7-10-13-16-19-22-25-30(38)42-28-29-34(44-31(39)26-23-20-17-14-11-8-5-2)35(33(37)36(41)43-29)45-32(40)27-24-21-18-15-12-9-6-3/h29,33-36,41H,4-28,37H2,1-3H3/t29-,33-,34-,35-,36-/m1/s1. The van der Waals surface area contributed by atoms with Crippen molar-refractivity contribution in [1.29, 1.82) is 0 Å². The average molecular weight is 642 g/mol. The van der Waals surface area contributed by atoms with Crippen molar-refractivity contribution in [1.82, 2.24) is 0 Å². The number of nitrogens with two attached hydrogens (primary N) is 1. The number of unbranched alkanes of at least 4 members (excludes halogenated alkanes) is 18. The third-order valence-electron chi connectivity index (χ3n) is 8.61. The van der Waals surface area contributed by atoms with Crippen LogP contribution in [-0.4, -0.2) is 60.3 Å². The zero-order chi connectivity index (χ0) is 33.1. The fourth-order valence-electron chi connectivity index (χ4n) is 5.71. The first-order valence-corrected chi connectivity index (χ1v) is 18.5. The highest BCUT2D eigenvalue weighted by molar-refractivity contribution is 5.71. The summed E-state index contributed by atoms with van der Waals surface area (Å²) in [6.45, 7) is 6.31. The van der Waals surface area contributed by atoms with Crippen LogP contribution in [0, 0.1) is 0 Å². The number of carbonyl (C=O) groups excluding carboxylic acids is 3. The summed E-state index contributed by atoms with van der Waals surface area (Å²) >= 11 is 0. The van der Waals surface area contributed by atoms with E-state index in [-0.39, 0.29) is 31.8 Å². The van der Waals surface area contributed by atoms with E-state index in [1.165, 1.54) is 64.2 Å². The molecule has 0 spiro atoms. The van der Waals surface area contributed by atoms with Crippen LogP contribution in [0.1, 0.15) is 175 Å². The van der Waals surface area contributed by atoms with Crippen LogP contribution in [0.5, 0.6) is 0 Å². The Morgan fingerprint density at radius 2 is 0.911 bits per heavy atom. The molecule has 0 aliphatic carbocycles. The molecule has 0 aromatic rings. The van der Waals surface area contributed by atoms with E-state index in [0.29, 0.717) is 12.8 Å². The van der Waals surface area contributed by atoms with Gasteiger partial charge >= 0.3 is 17.9 Å². The minimum absolute atomic E-state index is 0.213. The van der Waals surface area contributed by atoms with Gasteiger partial charge in [-0.1, -0.05) is 136 Å². The Bertz CT molecular complexity index is 763. The van der Waals surface area contributed by atoms with Gasteiger partial charge in [0.2, 0.25) is 0 Å². The van der Waals surface area contributed by atoms with Crippen LogP contribution >= 0.6 is 0 Å². The molecule has 0 aromatic heterocycles. The minimum atomic E-state index is -1.47. The molecule has 1 saturated heterocycles. The Balaban J connectivity index is 2.72. The van der Waals surface area contributed by atoms with E-state index in [4.69, 9.17) is 24.7 Å². The Hall–Kier alpha value is -1.71. The van der Waals surface area contributed by atoms with E-state index in [1.807, 2.05) is 0 Å². The van der Waals surface area contributed by atoms with Crippen LogP contribution < -0.4 is 5.73 Å². The van der Waals surface area contributed by atoms with Crippen molar-refractivity contribution in [2.75, 3.05) is 6.61 Å². The maximum atomic E-state index is 12.9. The molecule has 1 heterocycles. The van der Waals surface area contributed by atoms with Crippen molar-refractivity contribution in [3.8, 4) is 0 Å². The highest BCUT2D eigenvalue weighted by Crippen LogP contribution is 2.26. The average Bonchev–Trinajstić information content (AvgIpc) is 3.02. The predicted molar refractivity (Wildman–Crippen MR) is 177 cm³/mol. The third-order valence-corrected chi connectivity index (χ3v) is 8.61. The highest BCUT2D eigenvalue weighted by Gasteiger charge is 2.48. The van der Waals surface area contributed by atoms with Crippen molar-refractivity contribution >= 4 is 17.9 Å². The maximum Gasteiger partial charge on any atom is 0.306 e. The SMILES string of the molecule is CCCCCCCCCC(=O)OC[C@H]1O[C@@H](O)[C@H](N)[C@@H](OC(=O)CCCCCCCCC)[C@@H]1OC(=O)CCCCCCCCC. The molecule has 0 saturated carbocycles. The summed E-state index contributed by atoms with van der Waals surface area (Å²) in [5.41, 5.74) is 6.23. The molecule has 0 aromatic carbocycles. The zero-order valence-corrected chi connectivity index (χ0v) is 28.9. The fourth-order valence-corrected chi connectivity index (χ4v) is 5.71. The van der Waals surface area contributed by atoms with Gasteiger partial charge in [0.05, 0.1) is 6.04 Å².